The molecule has 7 heteroatoms. The van der Waals surface area contributed by atoms with Gasteiger partial charge in [0.1, 0.15) is 0 Å². The number of benzene rings is 1. The van der Waals surface area contributed by atoms with E-state index in [1.165, 1.54) is 0 Å². The Morgan fingerprint density at radius 3 is 2.58 bits per heavy atom. The van der Waals surface area contributed by atoms with Crippen LogP contribution >= 0.6 is 12.2 Å². The normalized spacial score (nSPS) is 13.0. The number of aliphatic hydroxyl groups is 1. The first-order valence-electron chi connectivity index (χ1n) is 8.24. The summed E-state index contributed by atoms with van der Waals surface area (Å²) in [5, 5.41) is 13.2. The van der Waals surface area contributed by atoms with Crippen molar-refractivity contribution in [1.29, 1.82) is 0 Å². The van der Waals surface area contributed by atoms with Gasteiger partial charge in [-0.2, -0.15) is 0 Å². The molecule has 0 aromatic heterocycles. The van der Waals surface area contributed by atoms with Crippen molar-refractivity contribution in [2.45, 2.75) is 39.2 Å². The summed E-state index contributed by atoms with van der Waals surface area (Å²) in [4.78, 5) is 12.2. The van der Waals surface area contributed by atoms with E-state index in [1.54, 1.807) is 0 Å². The summed E-state index contributed by atoms with van der Waals surface area (Å²) in [5.41, 5.74) is 6.09. The fourth-order valence-corrected chi connectivity index (χ4v) is 2.29. The molecule has 1 rings (SSSR count). The molecule has 4 N–H and O–H groups in total. The van der Waals surface area contributed by atoms with Crippen LogP contribution in [0.1, 0.15) is 33.1 Å². The average molecular weight is 353 g/mol. The Bertz CT molecular complexity index is 499. The number of anilines is 1. The molecule has 0 heterocycles. The van der Waals surface area contributed by atoms with Gasteiger partial charge in [-0.3, -0.25) is 15.6 Å². The summed E-state index contributed by atoms with van der Waals surface area (Å²) >= 11 is 5.13. The molecule has 0 aliphatic heterocycles. The molecule has 0 fully saturated rings. The van der Waals surface area contributed by atoms with Gasteiger partial charge in [-0.05, 0) is 43.6 Å². The van der Waals surface area contributed by atoms with Gasteiger partial charge < -0.3 is 15.2 Å². The number of amides is 1. The van der Waals surface area contributed by atoms with Gasteiger partial charge in [0.25, 0.3) is 0 Å². The van der Waals surface area contributed by atoms with E-state index in [0.717, 1.165) is 12.1 Å². The van der Waals surface area contributed by atoms with E-state index in [-0.39, 0.29) is 18.4 Å². The Hall–Kier alpha value is -1.70. The first kappa shape index (κ1) is 20.3. The molecule has 0 radical (unpaired) electrons. The maximum absolute atomic E-state index is 12.2. The molecule has 0 saturated heterocycles. The van der Waals surface area contributed by atoms with Crippen LogP contribution < -0.4 is 16.2 Å². The molecule has 0 spiro atoms. The number of hydrogen-bond acceptors (Lipinski definition) is 4. The van der Waals surface area contributed by atoms with Crippen LogP contribution in [-0.2, 0) is 9.53 Å². The van der Waals surface area contributed by atoms with Crippen molar-refractivity contribution < 1.29 is 14.6 Å². The molecule has 0 aliphatic carbocycles. The summed E-state index contributed by atoms with van der Waals surface area (Å²) in [6, 6.07) is 9.43. The third-order valence-corrected chi connectivity index (χ3v) is 3.61. The maximum Gasteiger partial charge on any atom is 0.241 e. The molecular formula is C17H27N3O3S. The van der Waals surface area contributed by atoms with Gasteiger partial charge in [0.15, 0.2) is 5.11 Å². The van der Waals surface area contributed by atoms with E-state index in [1.807, 2.05) is 44.2 Å². The lowest BCUT2D eigenvalue weighted by Crippen LogP contribution is -2.46. The third-order valence-electron chi connectivity index (χ3n) is 3.41. The SMILES string of the molecule is CCCOC[C@H](O)C[C@@H](CC)C(=O)NNC(=S)Nc1ccccc1. The van der Waals surface area contributed by atoms with Crippen molar-refractivity contribution in [3.05, 3.63) is 30.3 Å². The largest absolute Gasteiger partial charge is 0.391 e. The van der Waals surface area contributed by atoms with Gasteiger partial charge in [-0.1, -0.05) is 32.0 Å². The maximum atomic E-state index is 12.2. The van der Waals surface area contributed by atoms with Gasteiger partial charge >= 0.3 is 0 Å². The van der Waals surface area contributed by atoms with E-state index in [2.05, 4.69) is 16.2 Å². The molecule has 0 aliphatic rings. The predicted molar refractivity (Wildman–Crippen MR) is 99.5 cm³/mol. The molecule has 24 heavy (non-hydrogen) atoms. The number of hydrazine groups is 1. The zero-order valence-corrected chi connectivity index (χ0v) is 15.1. The van der Waals surface area contributed by atoms with Crippen LogP contribution in [0.5, 0.6) is 0 Å². The van der Waals surface area contributed by atoms with Gasteiger partial charge in [0.05, 0.1) is 12.7 Å². The standard InChI is InChI=1S/C17H27N3O3S/c1-3-10-23-12-15(21)11-13(4-2)16(22)19-20-17(24)18-14-8-6-5-7-9-14/h5-9,13,15,21H,3-4,10-12H2,1-2H3,(H,19,22)(H2,18,20,24)/t13-,15-/m1/s1. The van der Waals surface area contributed by atoms with Crippen molar-refractivity contribution in [2.24, 2.45) is 5.92 Å². The number of thiocarbonyl (C=S) groups is 1. The van der Waals surface area contributed by atoms with Gasteiger partial charge in [-0.25, -0.2) is 0 Å². The van der Waals surface area contributed by atoms with Crippen LogP contribution in [0.4, 0.5) is 5.69 Å². The second kappa shape index (κ2) is 11.8. The number of hydrogen-bond donors (Lipinski definition) is 4. The summed E-state index contributed by atoms with van der Waals surface area (Å²) in [7, 11) is 0. The lowest BCUT2D eigenvalue weighted by atomic mass is 9.98. The van der Waals surface area contributed by atoms with E-state index in [4.69, 9.17) is 17.0 Å². The van der Waals surface area contributed by atoms with Gasteiger partial charge in [-0.15, -0.1) is 0 Å². The number of para-hydroxylation sites is 1. The minimum absolute atomic E-state index is 0.204. The van der Waals surface area contributed by atoms with Crippen molar-refractivity contribution in [3.8, 4) is 0 Å². The molecule has 0 bridgehead atoms. The van der Waals surface area contributed by atoms with E-state index >= 15 is 0 Å². The molecule has 2 atom stereocenters. The van der Waals surface area contributed by atoms with Crippen LogP contribution in [-0.4, -0.2) is 35.4 Å². The highest BCUT2D eigenvalue weighted by Gasteiger charge is 2.20. The highest BCUT2D eigenvalue weighted by Crippen LogP contribution is 2.12. The quantitative estimate of drug-likeness (QED) is 0.310. The van der Waals surface area contributed by atoms with E-state index in [9.17, 15) is 9.90 Å². The smallest absolute Gasteiger partial charge is 0.241 e. The van der Waals surface area contributed by atoms with E-state index in [0.29, 0.717) is 24.6 Å². The Kier molecular flexibility index (Phi) is 9.98. The zero-order chi connectivity index (χ0) is 17.8. The molecule has 6 nitrogen and oxygen atoms in total. The third kappa shape index (κ3) is 8.24. The molecule has 1 aromatic rings. The summed E-state index contributed by atoms with van der Waals surface area (Å²) in [5.74, 6) is -0.512. The number of ether oxygens (including phenoxy) is 1. The lowest BCUT2D eigenvalue weighted by Gasteiger charge is -2.19. The second-order valence-electron chi connectivity index (χ2n) is 5.50. The first-order chi connectivity index (χ1) is 11.6. The molecule has 0 unspecified atom stereocenters. The van der Waals surface area contributed by atoms with Crippen LogP contribution in [0.25, 0.3) is 0 Å². The zero-order valence-electron chi connectivity index (χ0n) is 14.2. The summed E-state index contributed by atoms with van der Waals surface area (Å²) in [6.45, 7) is 4.77. The first-order valence-corrected chi connectivity index (χ1v) is 8.65. The average Bonchev–Trinajstić information content (AvgIpc) is 2.58. The minimum atomic E-state index is -0.651. The fourth-order valence-electron chi connectivity index (χ4n) is 2.12. The number of carbonyl (C=O) groups is 1. The molecule has 0 saturated carbocycles. The van der Waals surface area contributed by atoms with E-state index < -0.39 is 6.10 Å². The monoisotopic (exact) mass is 353 g/mol. The number of carbonyl (C=O) groups excluding carboxylic acids is 1. The number of nitrogens with one attached hydrogen (secondary N) is 3. The Morgan fingerprint density at radius 1 is 1.25 bits per heavy atom. The molecular weight excluding hydrogens is 326 g/mol. The molecule has 134 valence electrons. The summed E-state index contributed by atoms with van der Waals surface area (Å²) < 4.78 is 5.31. The van der Waals surface area contributed by atoms with Crippen molar-refractivity contribution >= 4 is 28.9 Å². The van der Waals surface area contributed by atoms with Crippen molar-refractivity contribution in [2.75, 3.05) is 18.5 Å². The highest BCUT2D eigenvalue weighted by atomic mass is 32.1. The Morgan fingerprint density at radius 2 is 1.96 bits per heavy atom. The van der Waals surface area contributed by atoms with Gasteiger partial charge in [0, 0.05) is 18.2 Å². The van der Waals surface area contributed by atoms with Crippen LogP contribution in [0.2, 0.25) is 0 Å². The van der Waals surface area contributed by atoms with Crippen LogP contribution in [0, 0.1) is 5.92 Å². The van der Waals surface area contributed by atoms with Gasteiger partial charge in [0.2, 0.25) is 5.91 Å². The van der Waals surface area contributed by atoms with Crippen molar-refractivity contribution in [3.63, 3.8) is 0 Å². The Balaban J connectivity index is 2.34. The summed E-state index contributed by atoms with van der Waals surface area (Å²) in [6.07, 6.45) is 1.23. The highest BCUT2D eigenvalue weighted by molar-refractivity contribution is 7.80. The predicted octanol–water partition coefficient (Wildman–Crippen LogP) is 2.21. The lowest BCUT2D eigenvalue weighted by molar-refractivity contribution is -0.127. The number of rotatable bonds is 9. The molecule has 1 aromatic carbocycles. The fraction of sp³-hybridized carbons (Fsp3) is 0.529. The minimum Gasteiger partial charge on any atom is -0.391 e. The number of aliphatic hydroxyl groups excluding tert-OH is 1. The molecule has 1 amide bonds. The second-order valence-corrected chi connectivity index (χ2v) is 5.91. The Labute approximate surface area is 148 Å². The van der Waals surface area contributed by atoms with Crippen molar-refractivity contribution in [1.82, 2.24) is 10.9 Å². The van der Waals surface area contributed by atoms with Crippen LogP contribution in [0.15, 0.2) is 30.3 Å². The van der Waals surface area contributed by atoms with Crippen LogP contribution in [0.3, 0.4) is 0 Å². The topological polar surface area (TPSA) is 82.6 Å².